The molecule has 1 amide bonds. The molecule has 0 aliphatic rings. The highest BCUT2D eigenvalue weighted by Gasteiger charge is 2.14. The Morgan fingerprint density at radius 1 is 1.17 bits per heavy atom. The van der Waals surface area contributed by atoms with Crippen molar-refractivity contribution in [2.45, 2.75) is 13.8 Å². The fraction of sp³-hybridized carbons (Fsp3) is 0.176. The third kappa shape index (κ3) is 4.32. The number of ether oxygens (including phenoxy) is 1. The lowest BCUT2D eigenvalue weighted by Gasteiger charge is -2.10. The van der Waals surface area contributed by atoms with Crippen molar-refractivity contribution in [1.29, 1.82) is 0 Å². The minimum Gasteiger partial charge on any atom is -0.452 e. The van der Waals surface area contributed by atoms with Gasteiger partial charge in [-0.15, -0.1) is 0 Å². The Kier molecular flexibility index (Phi) is 5.39. The summed E-state index contributed by atoms with van der Waals surface area (Å²) in [6.45, 7) is 3.34. The Bertz CT molecular complexity index is 759. The van der Waals surface area contributed by atoms with Gasteiger partial charge in [0.1, 0.15) is 0 Å². The molecule has 0 unspecified atom stereocenters. The summed E-state index contributed by atoms with van der Waals surface area (Å²) >= 11 is 3.39. The van der Waals surface area contributed by atoms with Gasteiger partial charge in [0.25, 0.3) is 5.91 Å². The Balaban J connectivity index is 1.94. The fourth-order valence-electron chi connectivity index (χ4n) is 1.99. The monoisotopic (exact) mass is 376 g/mol. The third-order valence-electron chi connectivity index (χ3n) is 3.32. The molecule has 0 atom stereocenters. The summed E-state index contributed by atoms with van der Waals surface area (Å²) in [4.78, 5) is 23.8. The number of nitrogens with one attached hydrogen (secondary N) is 1. The van der Waals surface area contributed by atoms with Crippen LogP contribution in [0, 0.1) is 13.8 Å². The summed E-state index contributed by atoms with van der Waals surface area (Å²) in [6.07, 6.45) is 0. The molecule has 0 aliphatic carbocycles. The van der Waals surface area contributed by atoms with E-state index < -0.39 is 11.9 Å². The number of anilines is 2. The van der Waals surface area contributed by atoms with Crippen molar-refractivity contribution >= 4 is 39.2 Å². The van der Waals surface area contributed by atoms with Gasteiger partial charge in [-0.25, -0.2) is 4.79 Å². The van der Waals surface area contributed by atoms with Gasteiger partial charge in [0.05, 0.1) is 5.56 Å². The van der Waals surface area contributed by atoms with Crippen LogP contribution >= 0.6 is 15.9 Å². The van der Waals surface area contributed by atoms with Crippen molar-refractivity contribution in [2.75, 3.05) is 17.7 Å². The van der Waals surface area contributed by atoms with Gasteiger partial charge < -0.3 is 15.8 Å². The zero-order chi connectivity index (χ0) is 17.0. The summed E-state index contributed by atoms with van der Waals surface area (Å²) in [7, 11) is 0. The molecule has 0 saturated carbocycles. The van der Waals surface area contributed by atoms with Crippen LogP contribution in [0.2, 0.25) is 0 Å². The predicted octanol–water partition coefficient (Wildman–Crippen LogP) is 3.44. The van der Waals surface area contributed by atoms with Gasteiger partial charge in [-0.2, -0.15) is 0 Å². The Labute approximate surface area is 143 Å². The molecule has 0 fully saturated rings. The first kappa shape index (κ1) is 17.0. The van der Waals surface area contributed by atoms with E-state index in [4.69, 9.17) is 10.5 Å². The van der Waals surface area contributed by atoms with Crippen molar-refractivity contribution < 1.29 is 14.3 Å². The number of hydrogen-bond donors (Lipinski definition) is 2. The highest BCUT2D eigenvalue weighted by molar-refractivity contribution is 9.10. The summed E-state index contributed by atoms with van der Waals surface area (Å²) in [5.74, 6) is -1.03. The van der Waals surface area contributed by atoms with E-state index in [1.165, 1.54) is 0 Å². The second-order valence-electron chi connectivity index (χ2n) is 5.12. The van der Waals surface area contributed by atoms with E-state index in [0.717, 1.165) is 15.6 Å². The van der Waals surface area contributed by atoms with Crippen LogP contribution in [0.15, 0.2) is 40.9 Å². The molecule has 0 aromatic heterocycles. The number of aryl methyl sites for hydroxylation is 2. The summed E-state index contributed by atoms with van der Waals surface area (Å²) in [5.41, 5.74) is 8.88. The molecule has 0 saturated heterocycles. The lowest BCUT2D eigenvalue weighted by Crippen LogP contribution is -2.21. The highest BCUT2D eigenvalue weighted by Crippen LogP contribution is 2.20. The fourth-order valence-corrected chi connectivity index (χ4v) is 2.23. The zero-order valence-electron chi connectivity index (χ0n) is 12.9. The number of benzene rings is 2. The average molecular weight is 377 g/mol. The molecule has 0 spiro atoms. The highest BCUT2D eigenvalue weighted by atomic mass is 79.9. The van der Waals surface area contributed by atoms with Gasteiger partial charge >= 0.3 is 5.97 Å². The van der Waals surface area contributed by atoms with Crippen molar-refractivity contribution in [2.24, 2.45) is 0 Å². The largest absolute Gasteiger partial charge is 0.452 e. The molecule has 6 heteroatoms. The molecule has 2 aromatic carbocycles. The number of nitrogen functional groups attached to an aromatic ring is 1. The van der Waals surface area contributed by atoms with Crippen molar-refractivity contribution in [1.82, 2.24) is 0 Å². The number of nitrogens with two attached hydrogens (primary N) is 1. The quantitative estimate of drug-likeness (QED) is 0.632. The SMILES string of the molecule is Cc1cc(NC(=O)COC(=O)c2cccc(C)c2N)ccc1Br. The van der Waals surface area contributed by atoms with Crippen molar-refractivity contribution in [3.05, 3.63) is 57.6 Å². The minimum absolute atomic E-state index is 0.261. The molecular weight excluding hydrogens is 360 g/mol. The third-order valence-corrected chi connectivity index (χ3v) is 4.21. The van der Waals surface area contributed by atoms with Gasteiger partial charge in [-0.1, -0.05) is 28.1 Å². The van der Waals surface area contributed by atoms with Gasteiger partial charge in [0.15, 0.2) is 6.61 Å². The van der Waals surface area contributed by atoms with Crippen LogP contribution in [0.3, 0.4) is 0 Å². The number of para-hydroxylation sites is 1. The normalized spacial score (nSPS) is 10.2. The van der Waals surface area contributed by atoms with Crippen LogP contribution in [-0.4, -0.2) is 18.5 Å². The average Bonchev–Trinajstić information content (AvgIpc) is 2.51. The molecule has 0 bridgehead atoms. The Morgan fingerprint density at radius 2 is 1.91 bits per heavy atom. The number of hydrogen-bond acceptors (Lipinski definition) is 4. The molecule has 5 nitrogen and oxygen atoms in total. The molecule has 0 radical (unpaired) electrons. The van der Waals surface area contributed by atoms with Crippen LogP contribution < -0.4 is 11.1 Å². The maximum absolute atomic E-state index is 12.0. The van der Waals surface area contributed by atoms with Crippen LogP contribution in [0.4, 0.5) is 11.4 Å². The summed E-state index contributed by atoms with van der Waals surface area (Å²) in [5, 5.41) is 2.67. The Hall–Kier alpha value is -2.34. The van der Waals surface area contributed by atoms with Crippen LogP contribution in [0.5, 0.6) is 0 Å². The van der Waals surface area contributed by atoms with Gasteiger partial charge in [-0.3, -0.25) is 4.79 Å². The van der Waals surface area contributed by atoms with Crippen LogP contribution in [-0.2, 0) is 9.53 Å². The minimum atomic E-state index is -0.617. The topological polar surface area (TPSA) is 81.4 Å². The van der Waals surface area contributed by atoms with Crippen molar-refractivity contribution in [3.63, 3.8) is 0 Å². The van der Waals surface area contributed by atoms with E-state index in [9.17, 15) is 9.59 Å². The van der Waals surface area contributed by atoms with E-state index in [-0.39, 0.29) is 12.2 Å². The van der Waals surface area contributed by atoms with E-state index in [1.807, 2.05) is 19.1 Å². The maximum atomic E-state index is 12.0. The molecule has 2 rings (SSSR count). The summed E-state index contributed by atoms with van der Waals surface area (Å²) in [6, 6.07) is 10.5. The number of rotatable bonds is 4. The standard InChI is InChI=1S/C17H17BrN2O3/c1-10-4-3-5-13(16(10)19)17(22)23-9-15(21)20-12-6-7-14(18)11(2)8-12/h3-8H,9,19H2,1-2H3,(H,20,21). The van der Waals surface area contributed by atoms with Gasteiger partial charge in [0, 0.05) is 15.8 Å². The van der Waals surface area contributed by atoms with E-state index in [1.54, 1.807) is 31.2 Å². The second kappa shape index (κ2) is 7.28. The number of carbonyl (C=O) groups is 2. The zero-order valence-corrected chi connectivity index (χ0v) is 14.4. The van der Waals surface area contributed by atoms with E-state index in [0.29, 0.717) is 11.4 Å². The first-order chi connectivity index (χ1) is 10.9. The predicted molar refractivity (Wildman–Crippen MR) is 93.4 cm³/mol. The van der Waals surface area contributed by atoms with E-state index in [2.05, 4.69) is 21.2 Å². The summed E-state index contributed by atoms with van der Waals surface area (Å²) < 4.78 is 5.97. The smallest absolute Gasteiger partial charge is 0.340 e. The number of esters is 1. The Morgan fingerprint density at radius 3 is 2.61 bits per heavy atom. The maximum Gasteiger partial charge on any atom is 0.340 e. The van der Waals surface area contributed by atoms with Gasteiger partial charge in [0.2, 0.25) is 0 Å². The number of carbonyl (C=O) groups excluding carboxylic acids is 2. The molecular formula is C17H17BrN2O3. The molecule has 0 aliphatic heterocycles. The molecule has 2 aromatic rings. The van der Waals surface area contributed by atoms with Gasteiger partial charge in [-0.05, 0) is 49.2 Å². The first-order valence-electron chi connectivity index (χ1n) is 6.96. The van der Waals surface area contributed by atoms with Crippen LogP contribution in [0.25, 0.3) is 0 Å². The van der Waals surface area contributed by atoms with E-state index >= 15 is 0 Å². The lowest BCUT2D eigenvalue weighted by atomic mass is 10.1. The number of halogens is 1. The first-order valence-corrected chi connectivity index (χ1v) is 7.76. The van der Waals surface area contributed by atoms with Crippen molar-refractivity contribution in [3.8, 4) is 0 Å². The molecule has 0 heterocycles. The second-order valence-corrected chi connectivity index (χ2v) is 5.98. The molecule has 3 N–H and O–H groups in total. The lowest BCUT2D eigenvalue weighted by molar-refractivity contribution is -0.119. The molecule has 120 valence electrons. The van der Waals surface area contributed by atoms with Crippen LogP contribution in [0.1, 0.15) is 21.5 Å². The molecule has 23 heavy (non-hydrogen) atoms. The number of amides is 1.